The number of halogens is 1. The van der Waals surface area contributed by atoms with Crippen LogP contribution in [0.4, 0.5) is 5.69 Å². The molecule has 0 aliphatic carbocycles. The summed E-state index contributed by atoms with van der Waals surface area (Å²) in [5, 5.41) is 3.87. The maximum atomic E-state index is 12.4. The lowest BCUT2D eigenvalue weighted by Crippen LogP contribution is -2.12. The average Bonchev–Trinajstić information content (AvgIpc) is 2.48. The van der Waals surface area contributed by atoms with Crippen LogP contribution in [-0.2, 0) is 0 Å². The van der Waals surface area contributed by atoms with Gasteiger partial charge < -0.3 is 5.32 Å². The number of carbonyl (C=O) groups excluding carboxylic acids is 1. The molecule has 1 aromatic heterocycles. The van der Waals surface area contributed by atoms with Crippen molar-refractivity contribution in [3.05, 3.63) is 70.3 Å². The Morgan fingerprint density at radius 1 is 1.14 bits per heavy atom. The van der Waals surface area contributed by atoms with E-state index >= 15 is 0 Å². The number of carbonyl (C=O) groups is 1. The molecule has 0 saturated carbocycles. The fraction of sp³-hybridized carbons (Fsp3) is 0.0588. The molecular formula is C17H13BrN2O. The lowest BCUT2D eigenvalue weighted by atomic mass is 10.1. The van der Waals surface area contributed by atoms with Gasteiger partial charge in [0.1, 0.15) is 0 Å². The molecule has 0 unspecified atom stereocenters. The van der Waals surface area contributed by atoms with Crippen molar-refractivity contribution in [2.24, 2.45) is 0 Å². The third-order valence-corrected chi connectivity index (χ3v) is 3.73. The third kappa shape index (κ3) is 2.95. The van der Waals surface area contributed by atoms with Crippen LogP contribution in [0.2, 0.25) is 0 Å². The smallest absolute Gasteiger partial charge is 0.255 e. The Kier molecular flexibility index (Phi) is 3.71. The van der Waals surface area contributed by atoms with Gasteiger partial charge in [-0.05, 0) is 43.3 Å². The lowest BCUT2D eigenvalue weighted by molar-refractivity contribution is 0.102. The Bertz CT molecular complexity index is 830. The van der Waals surface area contributed by atoms with Crippen LogP contribution in [0.1, 0.15) is 15.9 Å². The number of nitrogens with zero attached hydrogens (tertiary/aromatic N) is 1. The van der Waals surface area contributed by atoms with Crippen LogP contribution in [0.25, 0.3) is 10.9 Å². The summed E-state index contributed by atoms with van der Waals surface area (Å²) in [6, 6.07) is 15.1. The standard InChI is InChI=1S/C17H13BrN2O/c1-11-3-2-4-12(9-11)17(21)20-16-7-8-19-15-6-5-13(18)10-14(15)16/h2-10H,1H3,(H,19,20,21). The summed E-state index contributed by atoms with van der Waals surface area (Å²) in [7, 11) is 0. The molecule has 0 aliphatic rings. The number of amides is 1. The van der Waals surface area contributed by atoms with Gasteiger partial charge in [-0.15, -0.1) is 0 Å². The first-order chi connectivity index (χ1) is 10.1. The quantitative estimate of drug-likeness (QED) is 0.743. The van der Waals surface area contributed by atoms with E-state index < -0.39 is 0 Å². The summed E-state index contributed by atoms with van der Waals surface area (Å²) in [5.41, 5.74) is 3.31. The summed E-state index contributed by atoms with van der Waals surface area (Å²) in [4.78, 5) is 16.7. The van der Waals surface area contributed by atoms with Gasteiger partial charge in [-0.3, -0.25) is 9.78 Å². The van der Waals surface area contributed by atoms with Gasteiger partial charge in [-0.25, -0.2) is 0 Å². The van der Waals surface area contributed by atoms with E-state index in [2.05, 4.69) is 26.2 Å². The topological polar surface area (TPSA) is 42.0 Å². The van der Waals surface area contributed by atoms with Crippen LogP contribution in [0.5, 0.6) is 0 Å². The molecule has 3 nitrogen and oxygen atoms in total. The predicted octanol–water partition coefficient (Wildman–Crippen LogP) is 4.56. The highest BCUT2D eigenvalue weighted by atomic mass is 79.9. The van der Waals surface area contributed by atoms with E-state index in [1.54, 1.807) is 6.20 Å². The van der Waals surface area contributed by atoms with Gasteiger partial charge in [0.25, 0.3) is 5.91 Å². The molecular weight excluding hydrogens is 328 g/mol. The number of anilines is 1. The minimum atomic E-state index is -0.119. The number of hydrogen-bond acceptors (Lipinski definition) is 2. The molecule has 21 heavy (non-hydrogen) atoms. The van der Waals surface area contributed by atoms with Crippen molar-refractivity contribution in [2.45, 2.75) is 6.92 Å². The Morgan fingerprint density at radius 3 is 2.81 bits per heavy atom. The van der Waals surface area contributed by atoms with Crippen molar-refractivity contribution >= 4 is 38.4 Å². The summed E-state index contributed by atoms with van der Waals surface area (Å²) >= 11 is 3.45. The van der Waals surface area contributed by atoms with Crippen LogP contribution >= 0.6 is 15.9 Å². The zero-order valence-electron chi connectivity index (χ0n) is 11.4. The SMILES string of the molecule is Cc1cccc(C(=O)Nc2ccnc3ccc(Br)cc23)c1. The van der Waals surface area contributed by atoms with Crippen LogP contribution in [0.15, 0.2) is 59.2 Å². The van der Waals surface area contributed by atoms with Crippen molar-refractivity contribution in [2.75, 3.05) is 5.32 Å². The van der Waals surface area contributed by atoms with Crippen molar-refractivity contribution in [1.29, 1.82) is 0 Å². The van der Waals surface area contributed by atoms with Gasteiger partial charge in [0.05, 0.1) is 11.2 Å². The van der Waals surface area contributed by atoms with E-state index in [9.17, 15) is 4.79 Å². The number of pyridine rings is 1. The first-order valence-corrected chi connectivity index (χ1v) is 7.35. The number of rotatable bonds is 2. The highest BCUT2D eigenvalue weighted by Gasteiger charge is 2.09. The van der Waals surface area contributed by atoms with Gasteiger partial charge >= 0.3 is 0 Å². The van der Waals surface area contributed by atoms with E-state index in [4.69, 9.17) is 0 Å². The lowest BCUT2D eigenvalue weighted by Gasteiger charge is -2.09. The van der Waals surface area contributed by atoms with Crippen molar-refractivity contribution in [1.82, 2.24) is 4.98 Å². The van der Waals surface area contributed by atoms with Crippen molar-refractivity contribution in [3.8, 4) is 0 Å². The van der Waals surface area contributed by atoms with E-state index in [1.807, 2.05) is 55.5 Å². The summed E-state index contributed by atoms with van der Waals surface area (Å²) in [6.07, 6.45) is 1.70. The Labute approximate surface area is 131 Å². The zero-order valence-corrected chi connectivity index (χ0v) is 13.0. The molecule has 0 atom stereocenters. The van der Waals surface area contributed by atoms with Gasteiger partial charge in [0.15, 0.2) is 0 Å². The van der Waals surface area contributed by atoms with Gasteiger partial charge in [-0.2, -0.15) is 0 Å². The summed E-state index contributed by atoms with van der Waals surface area (Å²) < 4.78 is 0.953. The van der Waals surface area contributed by atoms with Crippen LogP contribution < -0.4 is 5.32 Å². The number of aryl methyl sites for hydroxylation is 1. The largest absolute Gasteiger partial charge is 0.321 e. The van der Waals surface area contributed by atoms with Crippen LogP contribution in [0, 0.1) is 6.92 Å². The van der Waals surface area contributed by atoms with E-state index in [1.165, 1.54) is 0 Å². The molecule has 3 rings (SSSR count). The van der Waals surface area contributed by atoms with E-state index in [-0.39, 0.29) is 5.91 Å². The first-order valence-electron chi connectivity index (χ1n) is 6.56. The molecule has 0 bridgehead atoms. The molecule has 1 N–H and O–H groups in total. The second kappa shape index (κ2) is 5.66. The maximum absolute atomic E-state index is 12.4. The third-order valence-electron chi connectivity index (χ3n) is 3.23. The molecule has 0 spiro atoms. The van der Waals surface area contributed by atoms with Gasteiger partial charge in [-0.1, -0.05) is 33.6 Å². The minimum Gasteiger partial charge on any atom is -0.321 e. The van der Waals surface area contributed by atoms with Crippen molar-refractivity contribution in [3.63, 3.8) is 0 Å². The number of nitrogens with one attached hydrogen (secondary N) is 1. The number of benzene rings is 2. The normalized spacial score (nSPS) is 10.6. The minimum absolute atomic E-state index is 0.119. The Balaban J connectivity index is 1.98. The average molecular weight is 341 g/mol. The molecule has 1 amide bonds. The molecule has 0 aliphatic heterocycles. The monoisotopic (exact) mass is 340 g/mol. The fourth-order valence-electron chi connectivity index (χ4n) is 2.21. The zero-order chi connectivity index (χ0) is 14.8. The van der Waals surface area contributed by atoms with E-state index in [0.717, 1.165) is 26.6 Å². The highest BCUT2D eigenvalue weighted by molar-refractivity contribution is 9.10. The van der Waals surface area contributed by atoms with E-state index in [0.29, 0.717) is 5.56 Å². The summed E-state index contributed by atoms with van der Waals surface area (Å²) in [5.74, 6) is -0.119. The molecule has 0 fully saturated rings. The molecule has 104 valence electrons. The fourth-order valence-corrected chi connectivity index (χ4v) is 2.57. The molecule has 2 aromatic carbocycles. The molecule has 1 heterocycles. The second-order valence-electron chi connectivity index (χ2n) is 4.84. The van der Waals surface area contributed by atoms with Crippen LogP contribution in [0.3, 0.4) is 0 Å². The summed E-state index contributed by atoms with van der Waals surface area (Å²) in [6.45, 7) is 1.97. The molecule has 0 radical (unpaired) electrons. The van der Waals surface area contributed by atoms with Gasteiger partial charge in [0, 0.05) is 21.6 Å². The Hall–Kier alpha value is -2.20. The second-order valence-corrected chi connectivity index (χ2v) is 5.76. The maximum Gasteiger partial charge on any atom is 0.255 e. The number of aromatic nitrogens is 1. The molecule has 0 saturated heterocycles. The number of fused-ring (bicyclic) bond motifs is 1. The number of hydrogen-bond donors (Lipinski definition) is 1. The molecule has 4 heteroatoms. The molecule has 3 aromatic rings. The predicted molar refractivity (Wildman–Crippen MR) is 88.6 cm³/mol. The van der Waals surface area contributed by atoms with Gasteiger partial charge in [0.2, 0.25) is 0 Å². The van der Waals surface area contributed by atoms with Crippen LogP contribution in [-0.4, -0.2) is 10.9 Å². The first kappa shape index (κ1) is 13.8. The highest BCUT2D eigenvalue weighted by Crippen LogP contribution is 2.25. The Morgan fingerprint density at radius 2 is 2.00 bits per heavy atom. The van der Waals surface area contributed by atoms with Crippen molar-refractivity contribution < 1.29 is 4.79 Å².